The van der Waals surface area contributed by atoms with Crippen molar-refractivity contribution < 1.29 is 14.4 Å². The molecule has 0 radical (unpaired) electrons. The minimum atomic E-state index is -0.280. The van der Waals surface area contributed by atoms with Gasteiger partial charge in [0.15, 0.2) is 0 Å². The monoisotopic (exact) mass is 254 g/mol. The molecule has 0 aliphatic rings. The van der Waals surface area contributed by atoms with Gasteiger partial charge >= 0.3 is 0 Å². The Balaban J connectivity index is 3.80. The highest BCUT2D eigenvalue weighted by Gasteiger charge is 2.07. The minimum Gasteiger partial charge on any atom is -0.356 e. The molecule has 5 nitrogen and oxygen atoms in total. The molecule has 0 aromatic carbocycles. The van der Waals surface area contributed by atoms with Crippen molar-refractivity contribution in [2.45, 2.75) is 26.7 Å². The summed E-state index contributed by atoms with van der Waals surface area (Å²) >= 11 is 0. The Morgan fingerprint density at radius 2 is 2.00 bits per heavy atom. The van der Waals surface area contributed by atoms with Gasteiger partial charge in [0.2, 0.25) is 11.8 Å². The maximum atomic E-state index is 11.4. The van der Waals surface area contributed by atoms with Gasteiger partial charge in [0.25, 0.3) is 0 Å². The first-order valence-electron chi connectivity index (χ1n) is 6.11. The molecule has 0 aromatic rings. The number of nitrogens with one attached hydrogen (secondary N) is 1. The maximum absolute atomic E-state index is 11.4. The standard InChI is InChI=1S/C13H22N2O3/c1-11(2)6-8-14-12(17)7-9-15(3)13(18)5-4-10-16/h4-5,10-11H,6-9H2,1-3H3,(H,14,17)/b5-4-. The zero-order valence-electron chi connectivity index (χ0n) is 11.3. The van der Waals surface area contributed by atoms with E-state index in [1.165, 1.54) is 11.0 Å². The third-order valence-corrected chi connectivity index (χ3v) is 2.41. The first-order valence-corrected chi connectivity index (χ1v) is 6.11. The second-order valence-corrected chi connectivity index (χ2v) is 4.54. The van der Waals surface area contributed by atoms with Crippen LogP contribution < -0.4 is 5.32 Å². The van der Waals surface area contributed by atoms with Crippen LogP contribution in [0.3, 0.4) is 0 Å². The maximum Gasteiger partial charge on any atom is 0.246 e. The predicted octanol–water partition coefficient (Wildman–Crippen LogP) is 0.752. The van der Waals surface area contributed by atoms with Gasteiger partial charge in [-0.1, -0.05) is 13.8 Å². The molecular formula is C13H22N2O3. The zero-order valence-corrected chi connectivity index (χ0v) is 11.3. The average molecular weight is 254 g/mol. The number of allylic oxidation sites excluding steroid dienone is 1. The molecular weight excluding hydrogens is 232 g/mol. The first kappa shape index (κ1) is 16.4. The summed E-state index contributed by atoms with van der Waals surface area (Å²) in [7, 11) is 1.60. The van der Waals surface area contributed by atoms with Gasteiger partial charge in [-0.2, -0.15) is 0 Å². The molecule has 0 rings (SSSR count). The number of rotatable bonds is 8. The molecule has 0 unspecified atom stereocenters. The van der Waals surface area contributed by atoms with Crippen LogP contribution >= 0.6 is 0 Å². The van der Waals surface area contributed by atoms with Gasteiger partial charge in [-0.25, -0.2) is 0 Å². The summed E-state index contributed by atoms with van der Waals surface area (Å²) in [6.45, 7) is 5.20. The Hall–Kier alpha value is -1.65. The molecule has 0 spiro atoms. The van der Waals surface area contributed by atoms with E-state index in [-0.39, 0.29) is 18.2 Å². The second-order valence-electron chi connectivity index (χ2n) is 4.54. The van der Waals surface area contributed by atoms with Gasteiger partial charge < -0.3 is 10.2 Å². The van der Waals surface area contributed by atoms with Crippen molar-refractivity contribution in [1.29, 1.82) is 0 Å². The van der Waals surface area contributed by atoms with Crippen molar-refractivity contribution >= 4 is 18.1 Å². The summed E-state index contributed by atoms with van der Waals surface area (Å²) in [6.07, 6.45) is 4.09. The molecule has 102 valence electrons. The van der Waals surface area contributed by atoms with Crippen LogP contribution in [0, 0.1) is 5.92 Å². The minimum absolute atomic E-state index is 0.0605. The summed E-state index contributed by atoms with van der Waals surface area (Å²) in [5, 5.41) is 2.80. The Bertz CT molecular complexity index is 311. The highest BCUT2D eigenvalue weighted by molar-refractivity contribution is 5.91. The fourth-order valence-corrected chi connectivity index (χ4v) is 1.22. The van der Waals surface area contributed by atoms with E-state index in [9.17, 15) is 14.4 Å². The van der Waals surface area contributed by atoms with Crippen molar-refractivity contribution in [2.24, 2.45) is 5.92 Å². The van der Waals surface area contributed by atoms with Crippen LogP contribution in [-0.4, -0.2) is 43.1 Å². The van der Waals surface area contributed by atoms with Gasteiger partial charge in [-0.3, -0.25) is 14.4 Å². The summed E-state index contributed by atoms with van der Waals surface area (Å²) in [6, 6.07) is 0. The SMILES string of the molecule is CC(C)CCNC(=O)CCN(C)C(=O)/C=C\C=O. The largest absolute Gasteiger partial charge is 0.356 e. The molecule has 0 aliphatic heterocycles. The number of amides is 2. The Labute approximate surface area is 108 Å². The van der Waals surface area contributed by atoms with Crippen LogP contribution in [0.25, 0.3) is 0 Å². The number of hydrogen-bond donors (Lipinski definition) is 1. The van der Waals surface area contributed by atoms with Gasteiger partial charge in [0.1, 0.15) is 6.29 Å². The number of likely N-dealkylation sites (N-methyl/N-ethyl adjacent to an activating group) is 1. The molecule has 0 saturated heterocycles. The van der Waals surface area contributed by atoms with Crippen molar-refractivity contribution in [3.63, 3.8) is 0 Å². The van der Waals surface area contributed by atoms with Crippen molar-refractivity contribution in [3.8, 4) is 0 Å². The molecule has 2 amide bonds. The lowest BCUT2D eigenvalue weighted by Gasteiger charge is -2.14. The fourth-order valence-electron chi connectivity index (χ4n) is 1.22. The van der Waals surface area contributed by atoms with Crippen LogP contribution in [0.15, 0.2) is 12.2 Å². The van der Waals surface area contributed by atoms with E-state index in [4.69, 9.17) is 0 Å². The molecule has 0 bridgehead atoms. The second kappa shape index (κ2) is 9.39. The van der Waals surface area contributed by atoms with Gasteiger partial charge in [0, 0.05) is 32.6 Å². The van der Waals surface area contributed by atoms with Crippen LogP contribution in [-0.2, 0) is 14.4 Å². The summed E-state index contributed by atoms with van der Waals surface area (Å²) in [5.74, 6) is 0.217. The molecule has 0 aliphatic carbocycles. The lowest BCUT2D eigenvalue weighted by atomic mass is 10.1. The normalized spacial score (nSPS) is 10.7. The van der Waals surface area contributed by atoms with Gasteiger partial charge in [0.05, 0.1) is 0 Å². The molecule has 0 atom stereocenters. The Kier molecular flexibility index (Phi) is 8.53. The van der Waals surface area contributed by atoms with E-state index in [1.807, 2.05) is 0 Å². The van der Waals surface area contributed by atoms with E-state index in [1.54, 1.807) is 7.05 Å². The number of carbonyl (C=O) groups is 3. The summed E-state index contributed by atoms with van der Waals surface area (Å²) < 4.78 is 0. The Morgan fingerprint density at radius 1 is 1.33 bits per heavy atom. The number of nitrogens with zero attached hydrogens (tertiary/aromatic N) is 1. The van der Waals surface area contributed by atoms with Crippen LogP contribution in [0.5, 0.6) is 0 Å². The fraction of sp³-hybridized carbons (Fsp3) is 0.615. The van der Waals surface area contributed by atoms with Gasteiger partial charge in [-0.05, 0) is 18.4 Å². The lowest BCUT2D eigenvalue weighted by molar-refractivity contribution is -0.126. The zero-order chi connectivity index (χ0) is 14.0. The highest BCUT2D eigenvalue weighted by atomic mass is 16.2. The third-order valence-electron chi connectivity index (χ3n) is 2.41. The van der Waals surface area contributed by atoms with E-state index in [2.05, 4.69) is 19.2 Å². The van der Waals surface area contributed by atoms with Crippen LogP contribution in [0.4, 0.5) is 0 Å². The Morgan fingerprint density at radius 3 is 2.56 bits per heavy atom. The predicted molar refractivity (Wildman–Crippen MR) is 69.9 cm³/mol. The number of carbonyl (C=O) groups excluding carboxylic acids is 3. The first-order chi connectivity index (χ1) is 8.47. The average Bonchev–Trinajstić information content (AvgIpc) is 2.32. The summed E-state index contributed by atoms with van der Waals surface area (Å²) in [4.78, 5) is 34.3. The van der Waals surface area contributed by atoms with Crippen molar-refractivity contribution in [2.75, 3.05) is 20.1 Å². The van der Waals surface area contributed by atoms with Crippen molar-refractivity contribution in [3.05, 3.63) is 12.2 Å². The molecule has 0 heterocycles. The van der Waals surface area contributed by atoms with E-state index < -0.39 is 0 Å². The number of aldehydes is 1. The van der Waals surface area contributed by atoms with Crippen LogP contribution in [0.2, 0.25) is 0 Å². The number of hydrogen-bond acceptors (Lipinski definition) is 3. The van der Waals surface area contributed by atoms with E-state index in [0.717, 1.165) is 12.5 Å². The molecule has 18 heavy (non-hydrogen) atoms. The van der Waals surface area contributed by atoms with E-state index in [0.29, 0.717) is 25.3 Å². The topological polar surface area (TPSA) is 66.5 Å². The smallest absolute Gasteiger partial charge is 0.246 e. The highest BCUT2D eigenvalue weighted by Crippen LogP contribution is 1.97. The third kappa shape index (κ3) is 8.50. The van der Waals surface area contributed by atoms with Crippen LogP contribution in [0.1, 0.15) is 26.7 Å². The van der Waals surface area contributed by atoms with Crippen molar-refractivity contribution in [1.82, 2.24) is 10.2 Å². The molecule has 5 heteroatoms. The van der Waals surface area contributed by atoms with Gasteiger partial charge in [-0.15, -0.1) is 0 Å². The molecule has 0 saturated carbocycles. The summed E-state index contributed by atoms with van der Waals surface area (Å²) in [5.41, 5.74) is 0. The quantitative estimate of drug-likeness (QED) is 0.513. The molecule has 0 fully saturated rings. The molecule has 1 N–H and O–H groups in total. The molecule has 0 aromatic heterocycles. The van der Waals surface area contributed by atoms with E-state index >= 15 is 0 Å². The lowest BCUT2D eigenvalue weighted by Crippen LogP contribution is -2.32.